The van der Waals surface area contributed by atoms with Gasteiger partial charge in [-0.3, -0.25) is 0 Å². The van der Waals surface area contributed by atoms with Crippen molar-refractivity contribution in [1.82, 2.24) is 4.98 Å². The second-order valence-electron chi connectivity index (χ2n) is 3.56. The SMILES string of the molecule is COc1cccnc1Sc1ccc(Br)c(C(=O)O)c1. The number of methoxy groups -OCH3 is 1. The Morgan fingerprint density at radius 1 is 1.42 bits per heavy atom. The zero-order valence-electron chi connectivity index (χ0n) is 9.96. The van der Waals surface area contributed by atoms with Crippen LogP contribution in [-0.4, -0.2) is 23.2 Å². The summed E-state index contributed by atoms with van der Waals surface area (Å²) in [5.41, 5.74) is 0.222. The van der Waals surface area contributed by atoms with Gasteiger partial charge < -0.3 is 9.84 Å². The first-order valence-corrected chi connectivity index (χ1v) is 6.92. The van der Waals surface area contributed by atoms with Gasteiger partial charge in [0.1, 0.15) is 5.03 Å². The molecule has 0 aliphatic carbocycles. The molecule has 1 aromatic heterocycles. The summed E-state index contributed by atoms with van der Waals surface area (Å²) in [6, 6.07) is 8.74. The number of nitrogens with zero attached hydrogens (tertiary/aromatic N) is 1. The third kappa shape index (κ3) is 3.27. The minimum atomic E-state index is -0.970. The standard InChI is InChI=1S/C13H10BrNO3S/c1-18-11-3-2-6-15-12(11)19-8-4-5-10(14)9(7-8)13(16)17/h2-7H,1H3,(H,16,17). The maximum absolute atomic E-state index is 11.1. The van der Waals surface area contributed by atoms with Crippen LogP contribution in [0.1, 0.15) is 10.4 Å². The van der Waals surface area contributed by atoms with E-state index in [2.05, 4.69) is 20.9 Å². The molecule has 0 spiro atoms. The van der Waals surface area contributed by atoms with E-state index in [9.17, 15) is 4.79 Å². The number of hydrogen-bond donors (Lipinski definition) is 1. The van der Waals surface area contributed by atoms with Gasteiger partial charge >= 0.3 is 5.97 Å². The first kappa shape index (κ1) is 13.9. The molecule has 0 saturated carbocycles. The monoisotopic (exact) mass is 339 g/mol. The van der Waals surface area contributed by atoms with E-state index < -0.39 is 5.97 Å². The van der Waals surface area contributed by atoms with E-state index in [-0.39, 0.29) is 5.56 Å². The average molecular weight is 340 g/mol. The molecule has 2 rings (SSSR count). The number of carbonyl (C=O) groups is 1. The second-order valence-corrected chi connectivity index (χ2v) is 5.48. The van der Waals surface area contributed by atoms with Crippen LogP contribution >= 0.6 is 27.7 Å². The highest BCUT2D eigenvalue weighted by Gasteiger charge is 2.11. The fourth-order valence-corrected chi connectivity index (χ4v) is 2.77. The lowest BCUT2D eigenvalue weighted by Crippen LogP contribution is -1.97. The number of hydrogen-bond acceptors (Lipinski definition) is 4. The van der Waals surface area contributed by atoms with Crippen molar-refractivity contribution >= 4 is 33.7 Å². The Labute approximate surface area is 122 Å². The Kier molecular flexibility index (Phi) is 4.44. The molecule has 0 aliphatic rings. The minimum absolute atomic E-state index is 0.222. The number of halogens is 1. The fourth-order valence-electron chi connectivity index (χ4n) is 1.45. The van der Waals surface area contributed by atoms with Gasteiger partial charge in [0.2, 0.25) is 0 Å². The Morgan fingerprint density at radius 2 is 2.21 bits per heavy atom. The summed E-state index contributed by atoms with van der Waals surface area (Å²) < 4.78 is 5.76. The molecule has 1 aromatic carbocycles. The molecule has 1 heterocycles. The van der Waals surface area contributed by atoms with Gasteiger partial charge in [0.25, 0.3) is 0 Å². The molecule has 0 radical (unpaired) electrons. The van der Waals surface area contributed by atoms with Gasteiger partial charge in [-0.2, -0.15) is 0 Å². The van der Waals surface area contributed by atoms with Gasteiger partial charge in [0.05, 0.1) is 12.7 Å². The molecule has 19 heavy (non-hydrogen) atoms. The summed E-state index contributed by atoms with van der Waals surface area (Å²) in [4.78, 5) is 16.1. The lowest BCUT2D eigenvalue weighted by molar-refractivity contribution is 0.0695. The van der Waals surface area contributed by atoms with Crippen LogP contribution in [-0.2, 0) is 0 Å². The minimum Gasteiger partial charge on any atom is -0.494 e. The van der Waals surface area contributed by atoms with Crippen LogP contribution in [0.2, 0.25) is 0 Å². The van der Waals surface area contributed by atoms with Crippen molar-refractivity contribution in [1.29, 1.82) is 0 Å². The van der Waals surface area contributed by atoms with Crippen LogP contribution < -0.4 is 4.74 Å². The molecular weight excluding hydrogens is 330 g/mol. The Hall–Kier alpha value is -1.53. The summed E-state index contributed by atoms with van der Waals surface area (Å²) in [5, 5.41) is 9.78. The van der Waals surface area contributed by atoms with Gasteiger partial charge in [-0.05, 0) is 46.3 Å². The molecule has 0 bridgehead atoms. The number of carboxylic acid groups (broad SMARTS) is 1. The quantitative estimate of drug-likeness (QED) is 0.920. The van der Waals surface area contributed by atoms with Crippen LogP contribution in [0, 0.1) is 0 Å². The molecule has 0 unspecified atom stereocenters. The molecule has 6 heteroatoms. The van der Waals surface area contributed by atoms with Gasteiger partial charge in [-0.1, -0.05) is 11.8 Å². The van der Waals surface area contributed by atoms with E-state index in [1.54, 1.807) is 31.5 Å². The normalized spacial score (nSPS) is 10.2. The van der Waals surface area contributed by atoms with Gasteiger partial charge in [-0.25, -0.2) is 9.78 Å². The Bertz CT molecular complexity index is 619. The van der Waals surface area contributed by atoms with E-state index in [1.807, 2.05) is 12.1 Å². The predicted molar refractivity (Wildman–Crippen MR) is 76.0 cm³/mol. The van der Waals surface area contributed by atoms with Crippen molar-refractivity contribution in [3.05, 3.63) is 46.6 Å². The van der Waals surface area contributed by atoms with E-state index in [4.69, 9.17) is 9.84 Å². The number of rotatable bonds is 4. The maximum atomic E-state index is 11.1. The van der Waals surface area contributed by atoms with Crippen molar-refractivity contribution in [2.45, 2.75) is 9.92 Å². The van der Waals surface area contributed by atoms with Crippen molar-refractivity contribution < 1.29 is 14.6 Å². The molecule has 0 aliphatic heterocycles. The molecule has 0 fully saturated rings. The number of ether oxygens (including phenoxy) is 1. The number of benzene rings is 1. The first-order valence-electron chi connectivity index (χ1n) is 5.31. The van der Waals surface area contributed by atoms with Gasteiger partial charge in [0.15, 0.2) is 5.75 Å². The van der Waals surface area contributed by atoms with E-state index in [0.29, 0.717) is 15.2 Å². The summed E-state index contributed by atoms with van der Waals surface area (Å²) in [6.07, 6.45) is 1.67. The van der Waals surface area contributed by atoms with Gasteiger partial charge in [0, 0.05) is 15.6 Å². The smallest absolute Gasteiger partial charge is 0.336 e. The largest absolute Gasteiger partial charge is 0.494 e. The topological polar surface area (TPSA) is 59.4 Å². The lowest BCUT2D eigenvalue weighted by atomic mass is 10.2. The molecule has 0 atom stereocenters. The molecule has 98 valence electrons. The van der Waals surface area contributed by atoms with Crippen molar-refractivity contribution in [3.8, 4) is 5.75 Å². The van der Waals surface area contributed by atoms with Crippen molar-refractivity contribution in [2.24, 2.45) is 0 Å². The number of carboxylic acids is 1. The molecular formula is C13H10BrNO3S. The number of pyridine rings is 1. The van der Waals surface area contributed by atoms with Crippen molar-refractivity contribution in [2.75, 3.05) is 7.11 Å². The van der Waals surface area contributed by atoms with E-state index in [0.717, 1.165) is 4.90 Å². The zero-order chi connectivity index (χ0) is 13.8. The maximum Gasteiger partial charge on any atom is 0.336 e. The molecule has 4 nitrogen and oxygen atoms in total. The third-order valence-corrected chi connectivity index (χ3v) is 4.02. The Morgan fingerprint density at radius 3 is 2.89 bits per heavy atom. The highest BCUT2D eigenvalue weighted by Crippen LogP contribution is 2.34. The van der Waals surface area contributed by atoms with Crippen LogP contribution in [0.15, 0.2) is 50.9 Å². The van der Waals surface area contributed by atoms with Crippen LogP contribution in [0.5, 0.6) is 5.75 Å². The van der Waals surface area contributed by atoms with Crippen LogP contribution in [0.25, 0.3) is 0 Å². The summed E-state index contributed by atoms with van der Waals surface area (Å²) in [5.74, 6) is -0.311. The molecule has 1 N–H and O–H groups in total. The van der Waals surface area contributed by atoms with E-state index >= 15 is 0 Å². The lowest BCUT2D eigenvalue weighted by Gasteiger charge is -2.07. The second kappa shape index (κ2) is 6.08. The zero-order valence-corrected chi connectivity index (χ0v) is 12.4. The molecule has 0 saturated heterocycles. The highest BCUT2D eigenvalue weighted by molar-refractivity contribution is 9.10. The molecule has 2 aromatic rings. The first-order chi connectivity index (χ1) is 9.11. The fraction of sp³-hybridized carbons (Fsp3) is 0.0769. The predicted octanol–water partition coefficient (Wildman–Crippen LogP) is 3.70. The highest BCUT2D eigenvalue weighted by atomic mass is 79.9. The van der Waals surface area contributed by atoms with Crippen LogP contribution in [0.3, 0.4) is 0 Å². The van der Waals surface area contributed by atoms with Crippen molar-refractivity contribution in [3.63, 3.8) is 0 Å². The summed E-state index contributed by atoms with van der Waals surface area (Å²) in [7, 11) is 1.57. The molecule has 0 amide bonds. The average Bonchev–Trinajstić information content (AvgIpc) is 2.41. The summed E-state index contributed by atoms with van der Waals surface area (Å²) in [6.45, 7) is 0. The summed E-state index contributed by atoms with van der Waals surface area (Å²) >= 11 is 4.57. The third-order valence-electron chi connectivity index (χ3n) is 2.34. The van der Waals surface area contributed by atoms with Crippen LogP contribution in [0.4, 0.5) is 0 Å². The Balaban J connectivity index is 2.33. The van der Waals surface area contributed by atoms with Gasteiger partial charge in [-0.15, -0.1) is 0 Å². The number of aromatic carboxylic acids is 1. The van der Waals surface area contributed by atoms with E-state index in [1.165, 1.54) is 11.8 Å². The number of aromatic nitrogens is 1.